The Balaban J connectivity index is 2.75. The van der Waals surface area contributed by atoms with E-state index in [1.807, 2.05) is 0 Å². The maximum atomic E-state index is 12.8. The fraction of sp³-hybridized carbons (Fsp3) is 0.667. The number of carboxylic acids is 1. The molecule has 11 N–H and O–H groups in total. The summed E-state index contributed by atoms with van der Waals surface area (Å²) in [4.78, 5) is 64.8. The van der Waals surface area contributed by atoms with Crippen LogP contribution in [-0.2, 0) is 24.0 Å². The van der Waals surface area contributed by atoms with E-state index in [2.05, 4.69) is 15.6 Å². The van der Waals surface area contributed by atoms with Crippen molar-refractivity contribution in [3.8, 4) is 0 Å². The molecule has 0 saturated carbocycles. The SMILES string of the molecule is NC(=O)CCC(NC(=O)C1CCCN1C(=O)C(N)CCCN=C(N)N)C(=O)NCC(=O)O. The maximum Gasteiger partial charge on any atom is 0.322 e. The van der Waals surface area contributed by atoms with Gasteiger partial charge in [-0.2, -0.15) is 0 Å². The Morgan fingerprint density at radius 3 is 2.41 bits per heavy atom. The molecule has 4 amide bonds. The summed E-state index contributed by atoms with van der Waals surface area (Å²) >= 11 is 0. The average Bonchev–Trinajstić information content (AvgIpc) is 3.21. The molecule has 0 spiro atoms. The number of primary amides is 1. The minimum Gasteiger partial charge on any atom is -0.480 e. The van der Waals surface area contributed by atoms with E-state index in [0.29, 0.717) is 38.8 Å². The number of carboxylic acid groups (broad SMARTS) is 1. The van der Waals surface area contributed by atoms with Crippen molar-refractivity contribution in [2.75, 3.05) is 19.6 Å². The van der Waals surface area contributed by atoms with E-state index in [-0.39, 0.29) is 18.8 Å². The third-order valence-electron chi connectivity index (χ3n) is 4.85. The number of nitrogens with two attached hydrogens (primary N) is 4. The van der Waals surface area contributed by atoms with Crippen LogP contribution in [0.1, 0.15) is 38.5 Å². The van der Waals surface area contributed by atoms with Crippen molar-refractivity contribution in [3.63, 3.8) is 0 Å². The number of hydrogen-bond donors (Lipinski definition) is 7. The maximum absolute atomic E-state index is 12.8. The fourth-order valence-corrected chi connectivity index (χ4v) is 3.27. The molecule has 0 aromatic carbocycles. The molecule has 0 radical (unpaired) electrons. The van der Waals surface area contributed by atoms with E-state index < -0.39 is 54.3 Å². The lowest BCUT2D eigenvalue weighted by Crippen LogP contribution is -2.55. The normalized spacial score (nSPS) is 17.2. The van der Waals surface area contributed by atoms with E-state index in [1.54, 1.807) is 0 Å². The third kappa shape index (κ3) is 9.16. The monoisotopic (exact) mass is 456 g/mol. The summed E-state index contributed by atoms with van der Waals surface area (Å²) in [5, 5.41) is 13.4. The Morgan fingerprint density at radius 2 is 1.81 bits per heavy atom. The number of nitrogens with one attached hydrogen (secondary N) is 2. The molecule has 14 nitrogen and oxygen atoms in total. The molecule has 180 valence electrons. The van der Waals surface area contributed by atoms with Crippen molar-refractivity contribution in [1.29, 1.82) is 0 Å². The predicted molar refractivity (Wildman–Crippen MR) is 114 cm³/mol. The van der Waals surface area contributed by atoms with E-state index in [1.165, 1.54) is 4.90 Å². The van der Waals surface area contributed by atoms with Gasteiger partial charge in [0.25, 0.3) is 0 Å². The van der Waals surface area contributed by atoms with Crippen LogP contribution in [-0.4, -0.2) is 83.3 Å². The Bertz CT molecular complexity index is 739. The van der Waals surface area contributed by atoms with Crippen LogP contribution in [0.3, 0.4) is 0 Å². The summed E-state index contributed by atoms with van der Waals surface area (Å²) in [5.41, 5.74) is 21.6. The first-order valence-corrected chi connectivity index (χ1v) is 10.2. The van der Waals surface area contributed by atoms with Crippen LogP contribution in [0, 0.1) is 0 Å². The standard InChI is InChI=1S/C18H32N8O6/c19-10(3-1-7-23-18(21)22)17(32)26-8-2-4-12(26)16(31)25-11(5-6-13(20)27)15(30)24-9-14(28)29/h10-12H,1-9,19H2,(H2,20,27)(H,24,30)(H,25,31)(H,28,29)(H4,21,22,23). The van der Waals surface area contributed by atoms with Gasteiger partial charge >= 0.3 is 5.97 Å². The van der Waals surface area contributed by atoms with Crippen molar-refractivity contribution < 1.29 is 29.1 Å². The predicted octanol–water partition coefficient (Wildman–Crippen LogP) is -3.69. The molecular weight excluding hydrogens is 424 g/mol. The summed E-state index contributed by atoms with van der Waals surface area (Å²) in [6.45, 7) is 0.000426. The zero-order chi connectivity index (χ0) is 24.3. The molecule has 1 saturated heterocycles. The number of aliphatic carboxylic acids is 1. The van der Waals surface area contributed by atoms with Gasteiger partial charge in [0.15, 0.2) is 5.96 Å². The fourth-order valence-electron chi connectivity index (χ4n) is 3.27. The van der Waals surface area contributed by atoms with Crippen molar-refractivity contribution in [1.82, 2.24) is 15.5 Å². The van der Waals surface area contributed by atoms with E-state index in [4.69, 9.17) is 28.0 Å². The lowest BCUT2D eigenvalue weighted by Gasteiger charge is -2.28. The van der Waals surface area contributed by atoms with Gasteiger partial charge in [-0.05, 0) is 32.1 Å². The minimum absolute atomic E-state index is 0.0561. The van der Waals surface area contributed by atoms with Gasteiger partial charge < -0.3 is 43.6 Å². The van der Waals surface area contributed by atoms with Gasteiger partial charge in [-0.15, -0.1) is 0 Å². The number of guanidine groups is 1. The van der Waals surface area contributed by atoms with Crippen molar-refractivity contribution in [2.24, 2.45) is 27.9 Å². The first-order chi connectivity index (χ1) is 15.0. The van der Waals surface area contributed by atoms with Gasteiger partial charge in [0, 0.05) is 19.5 Å². The number of aliphatic imine (C=N–C) groups is 1. The zero-order valence-electron chi connectivity index (χ0n) is 17.8. The van der Waals surface area contributed by atoms with Crippen LogP contribution < -0.4 is 33.6 Å². The number of amides is 4. The van der Waals surface area contributed by atoms with Gasteiger partial charge in [0.2, 0.25) is 23.6 Å². The van der Waals surface area contributed by atoms with Crippen LogP contribution in [0.15, 0.2) is 4.99 Å². The molecule has 1 rings (SSSR count). The van der Waals surface area contributed by atoms with Gasteiger partial charge in [-0.25, -0.2) is 0 Å². The molecule has 3 atom stereocenters. The molecule has 1 aliphatic rings. The van der Waals surface area contributed by atoms with Gasteiger partial charge in [0.1, 0.15) is 18.6 Å². The molecule has 1 aliphatic heterocycles. The molecule has 0 aromatic rings. The number of likely N-dealkylation sites (tertiary alicyclic amines) is 1. The number of nitrogens with zero attached hydrogens (tertiary/aromatic N) is 2. The largest absolute Gasteiger partial charge is 0.480 e. The summed E-state index contributed by atoms with van der Waals surface area (Å²) in [6, 6.07) is -2.86. The second kappa shape index (κ2) is 13.1. The molecule has 1 fully saturated rings. The quantitative estimate of drug-likeness (QED) is 0.0817. The lowest BCUT2D eigenvalue weighted by atomic mass is 10.1. The smallest absolute Gasteiger partial charge is 0.322 e. The summed E-state index contributed by atoms with van der Waals surface area (Å²) in [7, 11) is 0. The Kier molecular flexibility index (Phi) is 10.9. The number of rotatable bonds is 13. The Hall–Kier alpha value is -3.42. The van der Waals surface area contributed by atoms with Gasteiger partial charge in [-0.1, -0.05) is 0 Å². The minimum atomic E-state index is -1.26. The molecule has 0 aliphatic carbocycles. The van der Waals surface area contributed by atoms with Crippen LogP contribution in [0.4, 0.5) is 0 Å². The summed E-state index contributed by atoms with van der Waals surface area (Å²) in [6.07, 6.45) is 1.43. The molecular formula is C18H32N8O6. The van der Waals surface area contributed by atoms with Gasteiger partial charge in [-0.3, -0.25) is 29.0 Å². The molecule has 14 heteroatoms. The van der Waals surface area contributed by atoms with Crippen LogP contribution in [0.2, 0.25) is 0 Å². The Morgan fingerprint density at radius 1 is 1.12 bits per heavy atom. The second-order valence-corrected chi connectivity index (χ2v) is 7.42. The topological polar surface area (TPSA) is 249 Å². The van der Waals surface area contributed by atoms with Crippen molar-refractivity contribution in [3.05, 3.63) is 0 Å². The van der Waals surface area contributed by atoms with Crippen LogP contribution >= 0.6 is 0 Å². The number of carbonyl (C=O) groups is 5. The highest BCUT2D eigenvalue weighted by Crippen LogP contribution is 2.19. The second-order valence-electron chi connectivity index (χ2n) is 7.42. The third-order valence-corrected chi connectivity index (χ3v) is 4.85. The number of hydrogen-bond acceptors (Lipinski definition) is 7. The lowest BCUT2D eigenvalue weighted by molar-refractivity contribution is -0.141. The zero-order valence-corrected chi connectivity index (χ0v) is 17.8. The molecule has 0 bridgehead atoms. The molecule has 0 aromatic heterocycles. The van der Waals surface area contributed by atoms with Crippen molar-refractivity contribution in [2.45, 2.75) is 56.7 Å². The van der Waals surface area contributed by atoms with E-state index >= 15 is 0 Å². The van der Waals surface area contributed by atoms with Crippen LogP contribution in [0.25, 0.3) is 0 Å². The molecule has 3 unspecified atom stereocenters. The first kappa shape index (κ1) is 26.6. The Labute approximate surface area is 185 Å². The van der Waals surface area contributed by atoms with E-state index in [9.17, 15) is 24.0 Å². The highest BCUT2D eigenvalue weighted by molar-refractivity contribution is 5.94. The highest BCUT2D eigenvalue weighted by Gasteiger charge is 2.37. The van der Waals surface area contributed by atoms with Crippen molar-refractivity contribution >= 4 is 35.6 Å². The number of carbonyl (C=O) groups excluding carboxylic acids is 4. The van der Waals surface area contributed by atoms with Gasteiger partial charge in [0.05, 0.1) is 6.04 Å². The molecule has 32 heavy (non-hydrogen) atoms. The van der Waals surface area contributed by atoms with E-state index in [0.717, 1.165) is 0 Å². The van der Waals surface area contributed by atoms with Crippen LogP contribution in [0.5, 0.6) is 0 Å². The highest BCUT2D eigenvalue weighted by atomic mass is 16.4. The summed E-state index contributed by atoms with van der Waals surface area (Å²) < 4.78 is 0. The molecule has 1 heterocycles. The average molecular weight is 457 g/mol. The first-order valence-electron chi connectivity index (χ1n) is 10.2. The summed E-state index contributed by atoms with van der Waals surface area (Å²) in [5.74, 6) is -3.77.